The van der Waals surface area contributed by atoms with Gasteiger partial charge in [-0.3, -0.25) is 9.78 Å². The summed E-state index contributed by atoms with van der Waals surface area (Å²) >= 11 is 0. The fourth-order valence-corrected chi connectivity index (χ4v) is 2.84. The summed E-state index contributed by atoms with van der Waals surface area (Å²) in [4.78, 5) is 16.5. The van der Waals surface area contributed by atoms with Crippen molar-refractivity contribution in [1.82, 2.24) is 4.98 Å². The summed E-state index contributed by atoms with van der Waals surface area (Å²) in [5.41, 5.74) is 6.73. The Morgan fingerprint density at radius 3 is 2.80 bits per heavy atom. The van der Waals surface area contributed by atoms with Crippen molar-refractivity contribution in [2.24, 2.45) is 11.7 Å². The third-order valence-corrected chi connectivity index (χ3v) is 4.08. The highest BCUT2D eigenvalue weighted by molar-refractivity contribution is 6.02. The molecule has 1 saturated carbocycles. The lowest BCUT2D eigenvalue weighted by atomic mass is 9.86. The zero-order valence-electron chi connectivity index (χ0n) is 11.4. The number of carbonyl (C=O) groups excluding carboxylic acids is 1. The fraction of sp³-hybridized carbons (Fsp3) is 0.375. The van der Waals surface area contributed by atoms with Gasteiger partial charge in [0, 0.05) is 29.7 Å². The van der Waals surface area contributed by atoms with E-state index in [1.807, 2.05) is 24.3 Å². The molecule has 0 aliphatic heterocycles. The van der Waals surface area contributed by atoms with Crippen molar-refractivity contribution in [3.63, 3.8) is 0 Å². The van der Waals surface area contributed by atoms with E-state index in [9.17, 15) is 4.79 Å². The molecule has 4 heteroatoms. The maximum Gasteiger partial charge on any atom is 0.227 e. The average Bonchev–Trinajstić information content (AvgIpc) is 2.48. The molecule has 1 amide bonds. The van der Waals surface area contributed by atoms with E-state index >= 15 is 0 Å². The van der Waals surface area contributed by atoms with Crippen LogP contribution in [0.15, 0.2) is 36.7 Å². The number of hydrogen-bond acceptors (Lipinski definition) is 3. The normalized spacial score (nSPS) is 22.6. The molecule has 0 saturated heterocycles. The van der Waals surface area contributed by atoms with Crippen LogP contribution in [0.2, 0.25) is 0 Å². The average molecular weight is 269 g/mol. The van der Waals surface area contributed by atoms with Crippen LogP contribution in [0.1, 0.15) is 25.7 Å². The number of nitrogens with zero attached hydrogens (tertiary/aromatic N) is 1. The standard InChI is InChI=1S/C16H19N3O/c17-13-6-4-12(5-7-13)16(20)19-15-3-1-2-11-8-9-18-10-14(11)15/h1-3,8-10,12-13H,4-7,17H2,(H,19,20). The van der Waals surface area contributed by atoms with Crippen LogP contribution in [-0.4, -0.2) is 16.9 Å². The first-order valence-electron chi connectivity index (χ1n) is 7.13. The number of fused-ring (bicyclic) bond motifs is 1. The molecule has 1 aromatic heterocycles. The largest absolute Gasteiger partial charge is 0.328 e. The molecular formula is C16H19N3O. The molecule has 1 aliphatic rings. The minimum atomic E-state index is 0.0849. The summed E-state index contributed by atoms with van der Waals surface area (Å²) in [6.45, 7) is 0. The number of nitrogens with one attached hydrogen (secondary N) is 1. The van der Waals surface area contributed by atoms with E-state index in [1.54, 1.807) is 12.4 Å². The lowest BCUT2D eigenvalue weighted by molar-refractivity contribution is -0.120. The summed E-state index contributed by atoms with van der Waals surface area (Å²) in [6, 6.07) is 8.11. The Morgan fingerprint density at radius 1 is 1.20 bits per heavy atom. The second-order valence-electron chi connectivity index (χ2n) is 5.50. The Morgan fingerprint density at radius 2 is 2.00 bits per heavy atom. The van der Waals surface area contributed by atoms with Crippen LogP contribution in [0.3, 0.4) is 0 Å². The van der Waals surface area contributed by atoms with Gasteiger partial charge in [-0.05, 0) is 43.2 Å². The van der Waals surface area contributed by atoms with Crippen LogP contribution in [-0.2, 0) is 4.79 Å². The molecule has 1 aliphatic carbocycles. The number of carbonyl (C=O) groups is 1. The van der Waals surface area contributed by atoms with Gasteiger partial charge < -0.3 is 11.1 Å². The van der Waals surface area contributed by atoms with Crippen molar-refractivity contribution in [2.45, 2.75) is 31.7 Å². The van der Waals surface area contributed by atoms with Crippen LogP contribution in [0.5, 0.6) is 0 Å². The molecule has 2 aromatic rings. The number of pyridine rings is 1. The van der Waals surface area contributed by atoms with Crippen LogP contribution in [0, 0.1) is 5.92 Å². The molecule has 1 fully saturated rings. The molecule has 3 rings (SSSR count). The van der Waals surface area contributed by atoms with Gasteiger partial charge in [0.1, 0.15) is 0 Å². The highest BCUT2D eigenvalue weighted by Crippen LogP contribution is 2.27. The molecular weight excluding hydrogens is 250 g/mol. The molecule has 0 radical (unpaired) electrons. The number of aromatic nitrogens is 1. The summed E-state index contributed by atoms with van der Waals surface area (Å²) < 4.78 is 0. The monoisotopic (exact) mass is 269 g/mol. The van der Waals surface area contributed by atoms with Gasteiger partial charge >= 0.3 is 0 Å². The van der Waals surface area contributed by atoms with Crippen molar-refractivity contribution in [2.75, 3.05) is 5.32 Å². The number of anilines is 1. The van der Waals surface area contributed by atoms with E-state index in [4.69, 9.17) is 5.73 Å². The predicted octanol–water partition coefficient (Wildman–Crippen LogP) is 2.69. The van der Waals surface area contributed by atoms with Crippen LogP contribution in [0.25, 0.3) is 10.8 Å². The first-order chi connectivity index (χ1) is 9.74. The van der Waals surface area contributed by atoms with Crippen molar-refractivity contribution in [1.29, 1.82) is 0 Å². The predicted molar refractivity (Wildman–Crippen MR) is 80.3 cm³/mol. The quantitative estimate of drug-likeness (QED) is 0.880. The fourth-order valence-electron chi connectivity index (χ4n) is 2.84. The van der Waals surface area contributed by atoms with Gasteiger partial charge in [-0.1, -0.05) is 12.1 Å². The molecule has 0 spiro atoms. The maximum atomic E-state index is 12.3. The van der Waals surface area contributed by atoms with Gasteiger partial charge in [0.2, 0.25) is 5.91 Å². The topological polar surface area (TPSA) is 68.0 Å². The van der Waals surface area contributed by atoms with Gasteiger partial charge in [-0.2, -0.15) is 0 Å². The van der Waals surface area contributed by atoms with Gasteiger partial charge in [0.15, 0.2) is 0 Å². The van der Waals surface area contributed by atoms with Gasteiger partial charge in [-0.15, -0.1) is 0 Å². The first-order valence-corrected chi connectivity index (χ1v) is 7.13. The lowest BCUT2D eigenvalue weighted by Gasteiger charge is -2.25. The molecule has 4 nitrogen and oxygen atoms in total. The first kappa shape index (κ1) is 13.1. The van der Waals surface area contributed by atoms with E-state index in [-0.39, 0.29) is 17.9 Å². The summed E-state index contributed by atoms with van der Waals surface area (Å²) in [5, 5.41) is 5.12. The highest BCUT2D eigenvalue weighted by Gasteiger charge is 2.24. The Kier molecular flexibility index (Phi) is 3.65. The second kappa shape index (κ2) is 5.59. The Balaban J connectivity index is 1.77. The molecule has 104 valence electrons. The number of benzene rings is 1. The Labute approximate surface area is 118 Å². The number of amides is 1. The molecule has 0 atom stereocenters. The number of rotatable bonds is 2. The van der Waals surface area contributed by atoms with Crippen molar-refractivity contribution < 1.29 is 4.79 Å². The lowest BCUT2D eigenvalue weighted by Crippen LogP contribution is -2.32. The van der Waals surface area contributed by atoms with E-state index < -0.39 is 0 Å². The number of hydrogen-bond donors (Lipinski definition) is 2. The smallest absolute Gasteiger partial charge is 0.227 e. The van der Waals surface area contributed by atoms with Crippen LogP contribution in [0.4, 0.5) is 5.69 Å². The third kappa shape index (κ3) is 2.65. The summed E-state index contributed by atoms with van der Waals surface area (Å²) in [5.74, 6) is 0.190. The zero-order chi connectivity index (χ0) is 13.9. The van der Waals surface area contributed by atoms with Crippen LogP contribution < -0.4 is 11.1 Å². The second-order valence-corrected chi connectivity index (χ2v) is 5.50. The molecule has 0 bridgehead atoms. The molecule has 1 heterocycles. The van der Waals surface area contributed by atoms with Crippen molar-refractivity contribution in [3.8, 4) is 0 Å². The van der Waals surface area contributed by atoms with Gasteiger partial charge in [0.05, 0.1) is 5.69 Å². The molecule has 3 N–H and O–H groups in total. The van der Waals surface area contributed by atoms with E-state index in [0.29, 0.717) is 0 Å². The third-order valence-electron chi connectivity index (χ3n) is 4.08. The minimum Gasteiger partial charge on any atom is -0.328 e. The maximum absolute atomic E-state index is 12.3. The Hall–Kier alpha value is -1.94. The van der Waals surface area contributed by atoms with E-state index in [0.717, 1.165) is 42.1 Å². The summed E-state index contributed by atoms with van der Waals surface area (Å²) in [6.07, 6.45) is 7.20. The zero-order valence-corrected chi connectivity index (χ0v) is 11.4. The minimum absolute atomic E-state index is 0.0849. The van der Waals surface area contributed by atoms with E-state index in [1.165, 1.54) is 0 Å². The van der Waals surface area contributed by atoms with Crippen LogP contribution >= 0.6 is 0 Å². The molecule has 0 unspecified atom stereocenters. The Bertz CT molecular complexity index is 613. The van der Waals surface area contributed by atoms with Crippen molar-refractivity contribution >= 4 is 22.4 Å². The van der Waals surface area contributed by atoms with Gasteiger partial charge in [0.25, 0.3) is 0 Å². The van der Waals surface area contributed by atoms with Crippen molar-refractivity contribution in [3.05, 3.63) is 36.7 Å². The van der Waals surface area contributed by atoms with E-state index in [2.05, 4.69) is 10.3 Å². The number of nitrogens with two attached hydrogens (primary N) is 1. The molecule has 1 aromatic carbocycles. The highest BCUT2D eigenvalue weighted by atomic mass is 16.1. The van der Waals surface area contributed by atoms with Gasteiger partial charge in [-0.25, -0.2) is 0 Å². The molecule has 20 heavy (non-hydrogen) atoms. The summed E-state index contributed by atoms with van der Waals surface area (Å²) in [7, 11) is 0. The SMILES string of the molecule is NC1CCC(C(=O)Nc2cccc3ccncc23)CC1.